The van der Waals surface area contributed by atoms with Gasteiger partial charge in [0, 0.05) is 6.07 Å². The number of nitriles is 1. The number of anilines is 3. The summed E-state index contributed by atoms with van der Waals surface area (Å²) in [5.74, 6) is -0.686. The summed E-state index contributed by atoms with van der Waals surface area (Å²) in [4.78, 5) is 32.8. The van der Waals surface area contributed by atoms with Gasteiger partial charge in [0.2, 0.25) is 0 Å². The van der Waals surface area contributed by atoms with E-state index in [-0.39, 0.29) is 17.9 Å². The van der Waals surface area contributed by atoms with Crippen molar-refractivity contribution >= 4 is 29.1 Å². The molecule has 8 heteroatoms. The smallest absolute Gasteiger partial charge is 0.340 e. The van der Waals surface area contributed by atoms with E-state index in [2.05, 4.69) is 26.7 Å². The third-order valence-electron chi connectivity index (χ3n) is 3.88. The number of amides is 1. The van der Waals surface area contributed by atoms with Crippen LogP contribution in [0.3, 0.4) is 0 Å². The van der Waals surface area contributed by atoms with Crippen LogP contribution in [0.5, 0.6) is 0 Å². The van der Waals surface area contributed by atoms with Gasteiger partial charge in [-0.05, 0) is 31.2 Å². The first kappa shape index (κ1) is 19.5. The van der Waals surface area contributed by atoms with Crippen LogP contribution in [0.25, 0.3) is 0 Å². The van der Waals surface area contributed by atoms with Crippen molar-refractivity contribution in [3.05, 3.63) is 77.7 Å². The van der Waals surface area contributed by atoms with E-state index in [1.165, 1.54) is 12.4 Å². The molecular weight excluding hydrogens is 370 g/mol. The second-order valence-corrected chi connectivity index (χ2v) is 5.79. The van der Waals surface area contributed by atoms with Crippen molar-refractivity contribution in [1.29, 1.82) is 5.26 Å². The zero-order chi connectivity index (χ0) is 20.6. The molecule has 0 bridgehead atoms. The fourth-order valence-corrected chi connectivity index (χ4v) is 2.54. The first-order valence-corrected chi connectivity index (χ1v) is 8.78. The number of benzene rings is 2. The molecule has 8 nitrogen and oxygen atoms in total. The summed E-state index contributed by atoms with van der Waals surface area (Å²) in [6.07, 6.45) is 1.24. The van der Waals surface area contributed by atoms with Crippen molar-refractivity contribution in [2.24, 2.45) is 0 Å². The number of hydrogen-bond acceptors (Lipinski definition) is 7. The SMILES string of the molecule is CCOC(=O)c1ccccc1NC(=O)c1cc(Nc2ccccc2C#N)ncn1. The number of para-hydroxylation sites is 2. The lowest BCUT2D eigenvalue weighted by molar-refractivity contribution is 0.0527. The average Bonchev–Trinajstić information content (AvgIpc) is 2.75. The quantitative estimate of drug-likeness (QED) is 0.621. The Morgan fingerprint density at radius 3 is 2.55 bits per heavy atom. The van der Waals surface area contributed by atoms with E-state index >= 15 is 0 Å². The molecule has 1 amide bonds. The summed E-state index contributed by atoms with van der Waals surface area (Å²) in [5, 5.41) is 14.9. The molecular formula is C21H17N5O3. The van der Waals surface area contributed by atoms with Gasteiger partial charge in [0.15, 0.2) is 0 Å². The second-order valence-electron chi connectivity index (χ2n) is 5.79. The fourth-order valence-electron chi connectivity index (χ4n) is 2.54. The van der Waals surface area contributed by atoms with Gasteiger partial charge in [-0.15, -0.1) is 0 Å². The summed E-state index contributed by atoms with van der Waals surface area (Å²) in [7, 11) is 0. The van der Waals surface area contributed by atoms with Crippen molar-refractivity contribution in [3.63, 3.8) is 0 Å². The van der Waals surface area contributed by atoms with Crippen LogP contribution in [0.1, 0.15) is 33.3 Å². The van der Waals surface area contributed by atoms with Crippen LogP contribution in [-0.2, 0) is 4.74 Å². The molecule has 2 aromatic carbocycles. The highest BCUT2D eigenvalue weighted by molar-refractivity contribution is 6.07. The minimum atomic E-state index is -0.526. The number of ether oxygens (including phenoxy) is 1. The molecule has 29 heavy (non-hydrogen) atoms. The Labute approximate surface area is 167 Å². The standard InChI is InChI=1S/C21H17N5O3/c1-2-29-21(28)15-8-4-6-10-17(15)26-20(27)18-11-19(24-13-23-18)25-16-9-5-3-7-14(16)12-22/h3-11,13H,2H2,1H3,(H,26,27)(H,23,24,25). The lowest BCUT2D eigenvalue weighted by Crippen LogP contribution is -2.17. The van der Waals surface area contributed by atoms with Crippen molar-refractivity contribution in [1.82, 2.24) is 9.97 Å². The highest BCUT2D eigenvalue weighted by Crippen LogP contribution is 2.20. The number of aromatic nitrogens is 2. The lowest BCUT2D eigenvalue weighted by atomic mass is 10.1. The minimum Gasteiger partial charge on any atom is -0.462 e. The molecule has 1 heterocycles. The van der Waals surface area contributed by atoms with E-state index in [9.17, 15) is 14.9 Å². The van der Waals surface area contributed by atoms with E-state index < -0.39 is 11.9 Å². The number of rotatable bonds is 6. The van der Waals surface area contributed by atoms with Crippen molar-refractivity contribution < 1.29 is 14.3 Å². The average molecular weight is 387 g/mol. The van der Waals surface area contributed by atoms with E-state index in [1.54, 1.807) is 55.5 Å². The van der Waals surface area contributed by atoms with E-state index in [4.69, 9.17) is 4.74 Å². The Morgan fingerprint density at radius 1 is 1.07 bits per heavy atom. The molecule has 1 aromatic heterocycles. The van der Waals surface area contributed by atoms with Gasteiger partial charge in [-0.1, -0.05) is 24.3 Å². The number of nitrogens with zero attached hydrogens (tertiary/aromatic N) is 3. The van der Waals surface area contributed by atoms with Gasteiger partial charge in [0.25, 0.3) is 5.91 Å². The van der Waals surface area contributed by atoms with Crippen molar-refractivity contribution in [2.45, 2.75) is 6.92 Å². The number of carbonyl (C=O) groups is 2. The molecule has 0 saturated heterocycles. The Bertz CT molecular complexity index is 1090. The molecule has 0 spiro atoms. The van der Waals surface area contributed by atoms with E-state index in [0.29, 0.717) is 22.8 Å². The third kappa shape index (κ3) is 4.73. The van der Waals surface area contributed by atoms with Crippen LogP contribution in [0.2, 0.25) is 0 Å². The molecule has 0 radical (unpaired) electrons. The number of esters is 1. The van der Waals surface area contributed by atoms with Crippen LogP contribution in [0.4, 0.5) is 17.2 Å². The number of hydrogen-bond donors (Lipinski definition) is 2. The van der Waals surface area contributed by atoms with E-state index in [1.807, 2.05) is 0 Å². The predicted molar refractivity (Wildman–Crippen MR) is 107 cm³/mol. The molecule has 144 valence electrons. The molecule has 0 fully saturated rings. The first-order chi connectivity index (χ1) is 14.1. The van der Waals surface area contributed by atoms with Gasteiger partial charge >= 0.3 is 5.97 Å². The highest BCUT2D eigenvalue weighted by atomic mass is 16.5. The van der Waals surface area contributed by atoms with Gasteiger partial charge in [0.05, 0.1) is 29.1 Å². The zero-order valence-electron chi connectivity index (χ0n) is 15.5. The minimum absolute atomic E-state index is 0.0931. The van der Waals surface area contributed by atoms with Crippen molar-refractivity contribution in [3.8, 4) is 6.07 Å². The maximum Gasteiger partial charge on any atom is 0.340 e. The Kier molecular flexibility index (Phi) is 6.12. The Hall–Kier alpha value is -4.25. The van der Waals surface area contributed by atoms with E-state index in [0.717, 1.165) is 0 Å². The van der Waals surface area contributed by atoms with Crippen LogP contribution in [0, 0.1) is 11.3 Å². The molecule has 0 saturated carbocycles. The molecule has 3 rings (SSSR count). The Balaban J connectivity index is 1.81. The summed E-state index contributed by atoms with van der Waals surface area (Å²) in [6, 6.07) is 17.0. The molecule has 0 unspecified atom stereocenters. The van der Waals surface area contributed by atoms with Crippen LogP contribution in [-0.4, -0.2) is 28.5 Å². The maximum absolute atomic E-state index is 12.6. The topological polar surface area (TPSA) is 117 Å². The predicted octanol–water partition coefficient (Wildman–Crippen LogP) is 3.52. The highest BCUT2D eigenvalue weighted by Gasteiger charge is 2.16. The number of nitrogens with one attached hydrogen (secondary N) is 2. The van der Waals surface area contributed by atoms with Crippen LogP contribution < -0.4 is 10.6 Å². The van der Waals surface area contributed by atoms with Gasteiger partial charge in [-0.3, -0.25) is 4.79 Å². The lowest BCUT2D eigenvalue weighted by Gasteiger charge is -2.11. The Morgan fingerprint density at radius 2 is 1.79 bits per heavy atom. The van der Waals surface area contributed by atoms with Gasteiger partial charge in [-0.2, -0.15) is 5.26 Å². The maximum atomic E-state index is 12.6. The molecule has 0 aliphatic heterocycles. The molecule has 0 atom stereocenters. The molecule has 3 aromatic rings. The normalized spacial score (nSPS) is 9.93. The second kappa shape index (κ2) is 9.10. The molecule has 0 aliphatic carbocycles. The summed E-state index contributed by atoms with van der Waals surface area (Å²) < 4.78 is 5.01. The first-order valence-electron chi connectivity index (χ1n) is 8.78. The summed E-state index contributed by atoms with van der Waals surface area (Å²) in [5.41, 5.74) is 1.67. The molecule has 0 aliphatic rings. The van der Waals surface area contributed by atoms with Gasteiger partial charge < -0.3 is 15.4 Å². The fraction of sp³-hybridized carbons (Fsp3) is 0.0952. The van der Waals surface area contributed by atoms with Gasteiger partial charge in [-0.25, -0.2) is 14.8 Å². The van der Waals surface area contributed by atoms with Crippen LogP contribution >= 0.6 is 0 Å². The van der Waals surface area contributed by atoms with Gasteiger partial charge in [0.1, 0.15) is 23.9 Å². The van der Waals surface area contributed by atoms with Crippen LogP contribution in [0.15, 0.2) is 60.9 Å². The summed E-state index contributed by atoms with van der Waals surface area (Å²) in [6.45, 7) is 1.94. The number of carbonyl (C=O) groups excluding carboxylic acids is 2. The zero-order valence-corrected chi connectivity index (χ0v) is 15.5. The van der Waals surface area contributed by atoms with Crippen molar-refractivity contribution in [2.75, 3.05) is 17.2 Å². The third-order valence-corrected chi connectivity index (χ3v) is 3.88. The summed E-state index contributed by atoms with van der Waals surface area (Å²) >= 11 is 0. The monoisotopic (exact) mass is 387 g/mol. The molecule has 2 N–H and O–H groups in total. The largest absolute Gasteiger partial charge is 0.462 e.